The molecule has 2 heterocycles. The summed E-state index contributed by atoms with van der Waals surface area (Å²) in [7, 11) is 0. The molecule has 1 atom stereocenters. The molecule has 2 aromatic carbocycles. The van der Waals surface area contributed by atoms with E-state index in [2.05, 4.69) is 41.4 Å². The second kappa shape index (κ2) is 9.37. The lowest BCUT2D eigenvalue weighted by atomic mass is 10.0. The lowest BCUT2D eigenvalue weighted by Gasteiger charge is -2.17. The Morgan fingerprint density at radius 2 is 1.97 bits per heavy atom. The molecule has 148 valence electrons. The molecule has 1 saturated heterocycles. The molecule has 3 aromatic rings. The van der Waals surface area contributed by atoms with Gasteiger partial charge in [0, 0.05) is 4.88 Å². The largest absolute Gasteiger partial charge is 0.284 e. The van der Waals surface area contributed by atoms with Crippen LogP contribution in [0.2, 0.25) is 0 Å². The number of carbonyl (C=O) groups excluding carboxylic acids is 1. The van der Waals surface area contributed by atoms with Gasteiger partial charge in [-0.15, -0.1) is 16.4 Å². The topological polar surface area (TPSA) is 45.0 Å². The molecular weight excluding hydrogens is 398 g/mol. The summed E-state index contributed by atoms with van der Waals surface area (Å²) in [6.45, 7) is 2.67. The van der Waals surface area contributed by atoms with Crippen LogP contribution in [0.1, 0.15) is 36.6 Å². The molecule has 1 amide bonds. The van der Waals surface area contributed by atoms with E-state index in [0.29, 0.717) is 11.7 Å². The smallest absolute Gasteiger partial charge is 0.242 e. The van der Waals surface area contributed by atoms with Crippen LogP contribution >= 0.6 is 23.1 Å². The quantitative estimate of drug-likeness (QED) is 0.351. The number of fused-ring (bicyclic) bond motifs is 1. The SMILES string of the molecule is CCCC[C@@H]1S/C(=N/N=C\c2cccs2)N(Cc2cccc3ccccc23)C1=O. The van der Waals surface area contributed by atoms with E-state index in [1.54, 1.807) is 34.2 Å². The lowest BCUT2D eigenvalue weighted by Crippen LogP contribution is -2.31. The zero-order valence-electron chi connectivity index (χ0n) is 16.3. The van der Waals surface area contributed by atoms with Crippen molar-refractivity contribution in [2.24, 2.45) is 10.2 Å². The van der Waals surface area contributed by atoms with E-state index in [4.69, 9.17) is 0 Å². The molecule has 6 heteroatoms. The summed E-state index contributed by atoms with van der Waals surface area (Å²) in [5.41, 5.74) is 1.13. The Bertz CT molecular complexity index is 1040. The van der Waals surface area contributed by atoms with Gasteiger partial charge in [-0.05, 0) is 34.2 Å². The Morgan fingerprint density at radius 3 is 2.79 bits per heavy atom. The van der Waals surface area contributed by atoms with Crippen LogP contribution in [-0.4, -0.2) is 27.4 Å². The van der Waals surface area contributed by atoms with E-state index in [1.165, 1.54) is 10.8 Å². The number of thioether (sulfide) groups is 1. The Kier molecular flexibility index (Phi) is 6.42. The summed E-state index contributed by atoms with van der Waals surface area (Å²) in [6, 6.07) is 18.5. The standard InChI is InChI=1S/C23H23N3OS2/c1-2-3-13-21-22(27)26(23(29-21)25-24-15-19-11-7-14-28-19)16-18-10-6-9-17-8-4-5-12-20(17)18/h4-12,14-15,21H,2-3,13,16H2,1H3/b24-15-,25-23+/t21-/m0/s1. The third kappa shape index (κ3) is 4.60. The lowest BCUT2D eigenvalue weighted by molar-refractivity contribution is -0.126. The van der Waals surface area contributed by atoms with Gasteiger partial charge in [0.25, 0.3) is 0 Å². The zero-order valence-corrected chi connectivity index (χ0v) is 18.0. The Morgan fingerprint density at radius 1 is 1.10 bits per heavy atom. The minimum Gasteiger partial charge on any atom is -0.284 e. The van der Waals surface area contributed by atoms with Gasteiger partial charge in [0.05, 0.1) is 18.0 Å². The molecular formula is C23H23N3OS2. The van der Waals surface area contributed by atoms with Crippen molar-refractivity contribution in [2.75, 3.05) is 0 Å². The van der Waals surface area contributed by atoms with Crippen LogP contribution in [0.3, 0.4) is 0 Å². The first-order chi connectivity index (χ1) is 14.3. The first-order valence-corrected chi connectivity index (χ1v) is 11.6. The minimum atomic E-state index is -0.0689. The van der Waals surface area contributed by atoms with Crippen molar-refractivity contribution < 1.29 is 4.79 Å². The number of nitrogens with zero attached hydrogens (tertiary/aromatic N) is 3. The number of benzene rings is 2. The van der Waals surface area contributed by atoms with E-state index < -0.39 is 0 Å². The van der Waals surface area contributed by atoms with Crippen molar-refractivity contribution in [1.29, 1.82) is 0 Å². The molecule has 4 nitrogen and oxygen atoms in total. The number of carbonyl (C=O) groups is 1. The molecule has 0 unspecified atom stereocenters. The van der Waals surface area contributed by atoms with Gasteiger partial charge < -0.3 is 0 Å². The average Bonchev–Trinajstić information content (AvgIpc) is 3.36. The molecule has 0 radical (unpaired) electrons. The molecule has 0 spiro atoms. The van der Waals surface area contributed by atoms with Gasteiger partial charge >= 0.3 is 0 Å². The summed E-state index contributed by atoms with van der Waals surface area (Å²) >= 11 is 3.16. The molecule has 0 aliphatic carbocycles. The predicted molar refractivity (Wildman–Crippen MR) is 125 cm³/mol. The second-order valence-electron chi connectivity index (χ2n) is 6.95. The van der Waals surface area contributed by atoms with Crippen LogP contribution in [0.4, 0.5) is 0 Å². The summed E-state index contributed by atoms with van der Waals surface area (Å²) in [5.74, 6) is 0.140. The van der Waals surface area contributed by atoms with Crippen molar-refractivity contribution in [3.63, 3.8) is 0 Å². The van der Waals surface area contributed by atoms with Crippen LogP contribution in [0.25, 0.3) is 10.8 Å². The van der Waals surface area contributed by atoms with Crippen LogP contribution in [0.15, 0.2) is 70.2 Å². The van der Waals surface area contributed by atoms with Crippen LogP contribution < -0.4 is 0 Å². The molecule has 29 heavy (non-hydrogen) atoms. The van der Waals surface area contributed by atoms with Gasteiger partial charge in [0.15, 0.2) is 5.17 Å². The normalized spacial score (nSPS) is 18.5. The summed E-state index contributed by atoms with van der Waals surface area (Å²) < 4.78 is 0. The second-order valence-corrected chi connectivity index (χ2v) is 9.10. The third-order valence-electron chi connectivity index (χ3n) is 4.92. The molecule has 4 rings (SSSR count). The van der Waals surface area contributed by atoms with Crippen LogP contribution in [0, 0.1) is 0 Å². The number of hydrogen-bond acceptors (Lipinski definition) is 5. The highest BCUT2D eigenvalue weighted by Gasteiger charge is 2.37. The number of rotatable bonds is 7. The molecule has 0 N–H and O–H groups in total. The van der Waals surface area contributed by atoms with Crippen molar-refractivity contribution in [1.82, 2.24) is 4.90 Å². The van der Waals surface area contributed by atoms with E-state index in [0.717, 1.165) is 29.7 Å². The number of amidine groups is 1. The molecule has 0 bridgehead atoms. The van der Waals surface area contributed by atoms with E-state index >= 15 is 0 Å². The highest BCUT2D eigenvalue weighted by Crippen LogP contribution is 2.33. The van der Waals surface area contributed by atoms with Gasteiger partial charge in [-0.1, -0.05) is 80.1 Å². The van der Waals surface area contributed by atoms with Crippen molar-refractivity contribution in [2.45, 2.75) is 38.0 Å². The van der Waals surface area contributed by atoms with Crippen LogP contribution in [0.5, 0.6) is 0 Å². The summed E-state index contributed by atoms with van der Waals surface area (Å²) in [4.78, 5) is 16.0. The predicted octanol–water partition coefficient (Wildman–Crippen LogP) is 5.93. The van der Waals surface area contributed by atoms with Gasteiger partial charge in [0.1, 0.15) is 0 Å². The molecule has 1 aromatic heterocycles. The fraction of sp³-hybridized carbons (Fsp3) is 0.261. The number of amides is 1. The molecule has 1 aliphatic rings. The third-order valence-corrected chi connectivity index (χ3v) is 6.96. The molecule has 1 aliphatic heterocycles. The Hall–Kier alpha value is -2.44. The van der Waals surface area contributed by atoms with Gasteiger partial charge in [-0.25, -0.2) is 0 Å². The van der Waals surface area contributed by atoms with Gasteiger partial charge in [-0.3, -0.25) is 9.69 Å². The van der Waals surface area contributed by atoms with Crippen molar-refractivity contribution >= 4 is 51.2 Å². The first-order valence-electron chi connectivity index (χ1n) is 9.85. The average molecular weight is 422 g/mol. The van der Waals surface area contributed by atoms with E-state index in [1.807, 2.05) is 35.7 Å². The maximum atomic E-state index is 13.1. The first kappa shape index (κ1) is 19.9. The molecule has 1 fully saturated rings. The van der Waals surface area contributed by atoms with E-state index in [9.17, 15) is 4.79 Å². The maximum absolute atomic E-state index is 13.1. The number of thiophene rings is 1. The summed E-state index contributed by atoms with van der Waals surface area (Å²) in [6.07, 6.45) is 4.74. The maximum Gasteiger partial charge on any atom is 0.242 e. The van der Waals surface area contributed by atoms with Gasteiger partial charge in [0.2, 0.25) is 5.91 Å². The van der Waals surface area contributed by atoms with Crippen molar-refractivity contribution in [3.8, 4) is 0 Å². The highest BCUT2D eigenvalue weighted by atomic mass is 32.2. The van der Waals surface area contributed by atoms with Crippen LogP contribution in [-0.2, 0) is 11.3 Å². The monoisotopic (exact) mass is 421 g/mol. The molecule has 0 saturated carbocycles. The highest BCUT2D eigenvalue weighted by molar-refractivity contribution is 8.15. The van der Waals surface area contributed by atoms with E-state index in [-0.39, 0.29) is 11.2 Å². The fourth-order valence-electron chi connectivity index (χ4n) is 3.40. The van der Waals surface area contributed by atoms with Crippen molar-refractivity contribution in [3.05, 3.63) is 70.4 Å². The number of hydrogen-bond donors (Lipinski definition) is 0. The minimum absolute atomic E-state index is 0.0689. The Balaban J connectivity index is 1.62. The zero-order chi connectivity index (χ0) is 20.1. The summed E-state index contributed by atoms with van der Waals surface area (Å²) in [5, 5.41) is 13.7. The van der Waals surface area contributed by atoms with Gasteiger partial charge in [-0.2, -0.15) is 5.10 Å². The number of unbranched alkanes of at least 4 members (excludes halogenated alkanes) is 1. The Labute approximate surface area is 179 Å². The fourth-order valence-corrected chi connectivity index (χ4v) is 5.13.